The molecule has 0 unspecified atom stereocenters. The number of halogens is 3. The Morgan fingerprint density at radius 3 is 2.53 bits per heavy atom. The van der Waals surface area contributed by atoms with E-state index < -0.39 is 17.4 Å². The monoisotopic (exact) mass is 371 g/mol. The van der Waals surface area contributed by atoms with Crippen molar-refractivity contribution >= 4 is 45.9 Å². The smallest absolute Gasteiger partial charge is 0.313 e. The van der Waals surface area contributed by atoms with Gasteiger partial charge < -0.3 is 15.6 Å². The first-order chi connectivity index (χ1) is 8.21. The number of carbonyl (C=O) groups excluding carboxylic acids is 1. The minimum atomic E-state index is -0.976. The van der Waals surface area contributed by atoms with Crippen LogP contribution in [0.25, 0.3) is 0 Å². The van der Waals surface area contributed by atoms with Gasteiger partial charge in [0.25, 0.3) is 0 Å². The lowest BCUT2D eigenvalue weighted by Gasteiger charge is -2.29. The Bertz CT molecular complexity index is 480. The molecule has 19 heavy (non-hydrogen) atoms. The number of phenols is 1. The highest BCUT2D eigenvalue weighted by Crippen LogP contribution is 2.41. The van der Waals surface area contributed by atoms with Crippen LogP contribution in [0.2, 0.25) is 5.02 Å². The zero-order chi connectivity index (χ0) is 14.1. The van der Waals surface area contributed by atoms with Gasteiger partial charge in [0.05, 0.1) is 17.0 Å². The number of hydrogen-bond acceptors (Lipinski definition) is 4. The lowest BCUT2D eigenvalue weighted by molar-refractivity contribution is -0.152. The molecule has 0 heterocycles. The summed E-state index contributed by atoms with van der Waals surface area (Å²) in [5.74, 6) is -0.477. The summed E-state index contributed by atoms with van der Waals surface area (Å²) in [5, 5.41) is 10.4. The van der Waals surface area contributed by atoms with E-state index >= 15 is 0 Å². The second-order valence-electron chi connectivity index (χ2n) is 4.52. The topological polar surface area (TPSA) is 72.5 Å². The van der Waals surface area contributed by atoms with E-state index in [9.17, 15) is 9.90 Å². The third kappa shape index (κ3) is 3.75. The zero-order valence-electron chi connectivity index (χ0n) is 10.7. The van der Waals surface area contributed by atoms with Gasteiger partial charge in [0.1, 0.15) is 5.75 Å². The van der Waals surface area contributed by atoms with Crippen molar-refractivity contribution in [2.75, 3.05) is 7.11 Å². The van der Waals surface area contributed by atoms with Gasteiger partial charge in [-0.05, 0) is 41.9 Å². The molecule has 4 nitrogen and oxygen atoms in total. The second kappa shape index (κ2) is 6.79. The van der Waals surface area contributed by atoms with Gasteiger partial charge in [0.2, 0.25) is 0 Å². The van der Waals surface area contributed by atoms with Crippen LogP contribution in [-0.4, -0.2) is 18.2 Å². The van der Waals surface area contributed by atoms with Crippen molar-refractivity contribution in [3.05, 3.63) is 27.2 Å². The lowest BCUT2D eigenvalue weighted by Crippen LogP contribution is -2.37. The molecule has 108 valence electrons. The Kier molecular flexibility index (Phi) is 6.62. The summed E-state index contributed by atoms with van der Waals surface area (Å²) in [4.78, 5) is 11.7. The summed E-state index contributed by atoms with van der Waals surface area (Å²) in [6, 6.07) is 2.36. The normalized spacial score (nSPS) is 12.5. The minimum Gasteiger partial charge on any atom is -0.506 e. The van der Waals surface area contributed by atoms with Gasteiger partial charge in [-0.1, -0.05) is 11.6 Å². The van der Waals surface area contributed by atoms with Crippen LogP contribution >= 0.6 is 39.9 Å². The molecule has 0 saturated carbocycles. The Balaban J connectivity index is 0.00000324. The molecule has 3 N–H and O–H groups in total. The van der Waals surface area contributed by atoms with Gasteiger partial charge in [-0.15, -0.1) is 12.4 Å². The summed E-state index contributed by atoms with van der Waals surface area (Å²) in [6.07, 6.45) is 0. The highest BCUT2D eigenvalue weighted by Gasteiger charge is 2.38. The predicted octanol–water partition coefficient (Wildman–Crippen LogP) is 3.43. The van der Waals surface area contributed by atoms with E-state index in [1.165, 1.54) is 13.2 Å². The van der Waals surface area contributed by atoms with E-state index in [4.69, 9.17) is 22.1 Å². The van der Waals surface area contributed by atoms with Gasteiger partial charge in [-0.2, -0.15) is 0 Å². The van der Waals surface area contributed by atoms with E-state index in [-0.39, 0.29) is 18.2 Å². The van der Waals surface area contributed by atoms with E-state index in [1.807, 2.05) is 0 Å². The molecule has 0 amide bonds. The second-order valence-corrected chi connectivity index (χ2v) is 5.81. The molecule has 0 bridgehead atoms. The molecule has 0 aromatic heterocycles. The molecular weight excluding hydrogens is 357 g/mol. The summed E-state index contributed by atoms with van der Waals surface area (Å²) in [5.41, 5.74) is 5.47. The Hall–Kier alpha value is -0.490. The van der Waals surface area contributed by atoms with Crippen molar-refractivity contribution in [3.63, 3.8) is 0 Å². The van der Waals surface area contributed by atoms with Gasteiger partial charge in [0, 0.05) is 16.6 Å². The molecule has 0 spiro atoms. The molecule has 0 aliphatic rings. The van der Waals surface area contributed by atoms with Crippen molar-refractivity contribution in [1.82, 2.24) is 0 Å². The van der Waals surface area contributed by atoms with Gasteiger partial charge in [0.15, 0.2) is 0 Å². The average molecular weight is 373 g/mol. The molecule has 7 heteroatoms. The van der Waals surface area contributed by atoms with Crippen LogP contribution in [0.15, 0.2) is 16.6 Å². The fourth-order valence-corrected chi connectivity index (χ4v) is 2.44. The maximum atomic E-state index is 11.7. The Labute approximate surface area is 131 Å². The molecule has 0 radical (unpaired) electrons. The van der Waals surface area contributed by atoms with Crippen molar-refractivity contribution in [1.29, 1.82) is 0 Å². The highest BCUT2D eigenvalue weighted by molar-refractivity contribution is 9.10. The number of aromatic hydroxyl groups is 1. The summed E-state index contributed by atoms with van der Waals surface area (Å²) in [6.45, 7) is 3.30. The first kappa shape index (κ1) is 18.5. The molecule has 1 rings (SSSR count). The minimum absolute atomic E-state index is 0. The molecule has 1 aromatic rings. The molecule has 0 fully saturated rings. The molecule has 1 aromatic carbocycles. The van der Waals surface area contributed by atoms with Crippen molar-refractivity contribution in [3.8, 4) is 5.75 Å². The van der Waals surface area contributed by atoms with Crippen LogP contribution in [0.1, 0.15) is 25.5 Å². The van der Waals surface area contributed by atoms with Crippen molar-refractivity contribution < 1.29 is 14.6 Å². The van der Waals surface area contributed by atoms with Gasteiger partial charge >= 0.3 is 5.97 Å². The lowest BCUT2D eigenvalue weighted by atomic mass is 9.81. The number of carbonyl (C=O) groups is 1. The number of methoxy groups -OCH3 is 1. The Morgan fingerprint density at radius 1 is 1.53 bits per heavy atom. The molecule has 0 saturated heterocycles. The number of phenolic OH excluding ortho intramolecular Hbond substituents is 1. The van der Waals surface area contributed by atoms with E-state index in [1.54, 1.807) is 19.9 Å². The number of hydrogen-bond donors (Lipinski definition) is 2. The van der Waals surface area contributed by atoms with Crippen LogP contribution in [-0.2, 0) is 9.53 Å². The largest absolute Gasteiger partial charge is 0.506 e. The average Bonchev–Trinajstić information content (AvgIpc) is 2.31. The van der Waals surface area contributed by atoms with E-state index in [0.717, 1.165) is 0 Å². The van der Waals surface area contributed by atoms with Gasteiger partial charge in [-0.3, -0.25) is 4.79 Å². The van der Waals surface area contributed by atoms with Crippen LogP contribution in [0.4, 0.5) is 0 Å². The highest BCUT2D eigenvalue weighted by atomic mass is 79.9. The standard InChI is InChI=1S/C12H15BrClNO3.ClH/c1-12(2,11(17)18-3)10(15)7-4-6(14)5-8(13)9(7)16;/h4-5,10,16H,15H2,1-3H3;1H/t10-;/m0./s1. The zero-order valence-corrected chi connectivity index (χ0v) is 13.9. The van der Waals surface area contributed by atoms with Crippen LogP contribution in [0.3, 0.4) is 0 Å². The fourth-order valence-electron chi connectivity index (χ4n) is 1.60. The van der Waals surface area contributed by atoms with E-state index in [0.29, 0.717) is 15.1 Å². The number of nitrogens with two attached hydrogens (primary N) is 1. The first-order valence-corrected chi connectivity index (χ1v) is 6.40. The third-order valence-electron chi connectivity index (χ3n) is 2.88. The first-order valence-electron chi connectivity index (χ1n) is 5.23. The van der Waals surface area contributed by atoms with E-state index in [2.05, 4.69) is 15.9 Å². The van der Waals surface area contributed by atoms with Crippen LogP contribution in [0, 0.1) is 5.41 Å². The van der Waals surface area contributed by atoms with Gasteiger partial charge in [-0.25, -0.2) is 0 Å². The fraction of sp³-hybridized carbons (Fsp3) is 0.417. The number of ether oxygens (including phenoxy) is 1. The number of esters is 1. The SMILES string of the molecule is COC(=O)C(C)(C)[C@@H](N)c1cc(Cl)cc(Br)c1O.Cl. The number of rotatable bonds is 3. The van der Waals surface area contributed by atoms with Crippen molar-refractivity contribution in [2.45, 2.75) is 19.9 Å². The Morgan fingerprint density at radius 2 is 2.05 bits per heavy atom. The van der Waals surface area contributed by atoms with Crippen LogP contribution in [0.5, 0.6) is 5.75 Å². The maximum Gasteiger partial charge on any atom is 0.313 e. The predicted molar refractivity (Wildman–Crippen MR) is 80.8 cm³/mol. The number of benzene rings is 1. The summed E-state index contributed by atoms with van der Waals surface area (Å²) >= 11 is 9.10. The molecular formula is C12H16BrCl2NO3. The summed E-state index contributed by atoms with van der Waals surface area (Å²) < 4.78 is 5.14. The molecule has 0 aliphatic heterocycles. The summed E-state index contributed by atoms with van der Waals surface area (Å²) in [7, 11) is 1.30. The quantitative estimate of drug-likeness (QED) is 0.797. The molecule has 0 aliphatic carbocycles. The van der Waals surface area contributed by atoms with Crippen molar-refractivity contribution in [2.24, 2.45) is 11.1 Å². The van der Waals surface area contributed by atoms with Crippen LogP contribution < -0.4 is 5.73 Å². The molecule has 1 atom stereocenters. The third-order valence-corrected chi connectivity index (χ3v) is 3.70. The maximum absolute atomic E-state index is 11.7.